The first-order valence-corrected chi connectivity index (χ1v) is 8.87. The molecule has 118 valence electrons. The standard InChI is InChI=1S/C17H35N3/c1-4-20-13-9-10-15(20)14-19(3)17-12-8-6-5-7-11-16(17)18-2/h15-18H,4-14H2,1-3H3. The molecule has 0 spiro atoms. The molecule has 2 aliphatic rings. The first kappa shape index (κ1) is 16.3. The van der Waals surface area contributed by atoms with Crippen molar-refractivity contribution in [2.24, 2.45) is 0 Å². The van der Waals surface area contributed by atoms with Gasteiger partial charge in [0.25, 0.3) is 0 Å². The summed E-state index contributed by atoms with van der Waals surface area (Å²) in [5.41, 5.74) is 0. The number of likely N-dealkylation sites (tertiary alicyclic amines) is 1. The Bertz CT molecular complexity index is 269. The van der Waals surface area contributed by atoms with Gasteiger partial charge in [0.1, 0.15) is 0 Å². The van der Waals surface area contributed by atoms with Crippen LogP contribution < -0.4 is 5.32 Å². The van der Waals surface area contributed by atoms with Gasteiger partial charge < -0.3 is 10.2 Å². The number of nitrogens with one attached hydrogen (secondary N) is 1. The van der Waals surface area contributed by atoms with E-state index in [-0.39, 0.29) is 0 Å². The molecule has 3 nitrogen and oxygen atoms in total. The van der Waals surface area contributed by atoms with Gasteiger partial charge in [-0.05, 0) is 52.9 Å². The minimum Gasteiger partial charge on any atom is -0.315 e. The fourth-order valence-electron chi connectivity index (χ4n) is 4.32. The molecule has 0 bridgehead atoms. The van der Waals surface area contributed by atoms with Gasteiger partial charge in [0.05, 0.1) is 0 Å². The molecule has 20 heavy (non-hydrogen) atoms. The molecule has 1 N–H and O–H groups in total. The van der Waals surface area contributed by atoms with E-state index in [9.17, 15) is 0 Å². The molecule has 2 rings (SSSR count). The van der Waals surface area contributed by atoms with E-state index in [1.807, 2.05) is 0 Å². The van der Waals surface area contributed by atoms with Crippen molar-refractivity contribution in [1.29, 1.82) is 0 Å². The minimum atomic E-state index is 0.691. The Morgan fingerprint density at radius 1 is 1.05 bits per heavy atom. The summed E-state index contributed by atoms with van der Waals surface area (Å²) < 4.78 is 0. The van der Waals surface area contributed by atoms with Gasteiger partial charge >= 0.3 is 0 Å². The predicted octanol–water partition coefficient (Wildman–Crippen LogP) is 2.71. The lowest BCUT2D eigenvalue weighted by molar-refractivity contribution is 0.125. The number of nitrogens with zero attached hydrogens (tertiary/aromatic N) is 2. The molecule has 3 unspecified atom stereocenters. The monoisotopic (exact) mass is 281 g/mol. The molecule has 0 aromatic rings. The smallest absolute Gasteiger partial charge is 0.0246 e. The van der Waals surface area contributed by atoms with Crippen LogP contribution in [0.2, 0.25) is 0 Å². The molecule has 1 aliphatic carbocycles. The Morgan fingerprint density at radius 3 is 2.50 bits per heavy atom. The van der Waals surface area contributed by atoms with Crippen molar-refractivity contribution in [3.63, 3.8) is 0 Å². The lowest BCUT2D eigenvalue weighted by Crippen LogP contribution is -2.51. The zero-order valence-corrected chi connectivity index (χ0v) is 13.9. The summed E-state index contributed by atoms with van der Waals surface area (Å²) in [6.07, 6.45) is 11.2. The zero-order valence-electron chi connectivity index (χ0n) is 13.9. The van der Waals surface area contributed by atoms with Crippen molar-refractivity contribution in [3.05, 3.63) is 0 Å². The first-order chi connectivity index (χ1) is 9.76. The maximum Gasteiger partial charge on any atom is 0.0246 e. The van der Waals surface area contributed by atoms with Gasteiger partial charge in [-0.3, -0.25) is 4.90 Å². The number of hydrogen-bond donors (Lipinski definition) is 1. The highest BCUT2D eigenvalue weighted by Gasteiger charge is 2.29. The maximum absolute atomic E-state index is 3.60. The first-order valence-electron chi connectivity index (χ1n) is 8.87. The maximum atomic E-state index is 3.60. The molecule has 3 heteroatoms. The Labute approximate surface area is 126 Å². The minimum absolute atomic E-state index is 0.691. The van der Waals surface area contributed by atoms with Crippen LogP contribution in [0.15, 0.2) is 0 Å². The quantitative estimate of drug-likeness (QED) is 0.836. The second-order valence-corrected chi connectivity index (χ2v) is 6.82. The number of rotatable bonds is 5. The molecule has 1 aliphatic heterocycles. The Hall–Kier alpha value is -0.120. The van der Waals surface area contributed by atoms with Crippen molar-refractivity contribution in [2.45, 2.75) is 76.4 Å². The third kappa shape index (κ3) is 4.19. The van der Waals surface area contributed by atoms with E-state index >= 15 is 0 Å². The average molecular weight is 281 g/mol. The molecule has 1 heterocycles. The van der Waals surface area contributed by atoms with E-state index in [1.165, 1.54) is 71.0 Å². The summed E-state index contributed by atoms with van der Waals surface area (Å²) in [4.78, 5) is 5.35. The van der Waals surface area contributed by atoms with Crippen LogP contribution >= 0.6 is 0 Å². The third-order valence-corrected chi connectivity index (χ3v) is 5.57. The van der Waals surface area contributed by atoms with E-state index in [1.54, 1.807) is 0 Å². The second-order valence-electron chi connectivity index (χ2n) is 6.82. The molecule has 3 atom stereocenters. The molecular weight excluding hydrogens is 246 g/mol. The molecule has 0 aromatic heterocycles. The van der Waals surface area contributed by atoms with Crippen LogP contribution in [0.1, 0.15) is 58.3 Å². The highest BCUT2D eigenvalue weighted by molar-refractivity contribution is 4.88. The molecule has 0 radical (unpaired) electrons. The van der Waals surface area contributed by atoms with Crippen LogP contribution in [0.3, 0.4) is 0 Å². The van der Waals surface area contributed by atoms with Gasteiger partial charge in [-0.1, -0.05) is 32.6 Å². The normalized spacial score (nSPS) is 33.3. The lowest BCUT2D eigenvalue weighted by Gasteiger charge is -2.38. The zero-order chi connectivity index (χ0) is 14.4. The summed E-state index contributed by atoms with van der Waals surface area (Å²) in [7, 11) is 4.52. The highest BCUT2D eigenvalue weighted by atomic mass is 15.2. The third-order valence-electron chi connectivity index (χ3n) is 5.57. The topological polar surface area (TPSA) is 18.5 Å². The van der Waals surface area contributed by atoms with E-state index in [4.69, 9.17) is 0 Å². The van der Waals surface area contributed by atoms with Crippen molar-refractivity contribution in [3.8, 4) is 0 Å². The Kier molecular flexibility index (Phi) is 6.79. The van der Waals surface area contributed by atoms with Crippen LogP contribution in [0, 0.1) is 0 Å². The molecule has 1 saturated carbocycles. The predicted molar refractivity (Wildman–Crippen MR) is 87.2 cm³/mol. The number of hydrogen-bond acceptors (Lipinski definition) is 3. The molecule has 1 saturated heterocycles. The summed E-state index contributed by atoms with van der Waals surface area (Å²) in [6.45, 7) is 6.11. The Morgan fingerprint density at radius 2 is 1.80 bits per heavy atom. The van der Waals surface area contributed by atoms with Crippen molar-refractivity contribution in [2.75, 3.05) is 33.7 Å². The van der Waals surface area contributed by atoms with Crippen LogP contribution in [-0.2, 0) is 0 Å². The van der Waals surface area contributed by atoms with Crippen molar-refractivity contribution in [1.82, 2.24) is 15.1 Å². The van der Waals surface area contributed by atoms with Crippen LogP contribution in [0.4, 0.5) is 0 Å². The van der Waals surface area contributed by atoms with Gasteiger partial charge in [-0.2, -0.15) is 0 Å². The lowest BCUT2D eigenvalue weighted by atomic mass is 9.91. The van der Waals surface area contributed by atoms with Gasteiger partial charge in [0.2, 0.25) is 0 Å². The van der Waals surface area contributed by atoms with Crippen LogP contribution in [0.25, 0.3) is 0 Å². The molecule has 2 fully saturated rings. The van der Waals surface area contributed by atoms with E-state index < -0.39 is 0 Å². The van der Waals surface area contributed by atoms with E-state index in [0.717, 1.165) is 12.1 Å². The van der Waals surface area contributed by atoms with E-state index in [0.29, 0.717) is 6.04 Å². The summed E-state index contributed by atoms with van der Waals surface area (Å²) in [5.74, 6) is 0. The van der Waals surface area contributed by atoms with Gasteiger partial charge in [-0.25, -0.2) is 0 Å². The van der Waals surface area contributed by atoms with Gasteiger partial charge in [0.15, 0.2) is 0 Å². The van der Waals surface area contributed by atoms with Gasteiger partial charge in [0, 0.05) is 24.7 Å². The molecule has 0 amide bonds. The molecule has 0 aromatic carbocycles. The van der Waals surface area contributed by atoms with Crippen LogP contribution in [0.5, 0.6) is 0 Å². The summed E-state index contributed by atoms with van der Waals surface area (Å²) in [5, 5.41) is 3.60. The average Bonchev–Trinajstić information content (AvgIpc) is 2.85. The van der Waals surface area contributed by atoms with E-state index in [2.05, 4.69) is 36.1 Å². The SMILES string of the molecule is CCN1CCCC1CN(C)C1CCCCCCC1NC. The summed E-state index contributed by atoms with van der Waals surface area (Å²) in [6, 6.07) is 2.23. The fourth-order valence-corrected chi connectivity index (χ4v) is 4.32. The molecular formula is C17H35N3. The number of likely N-dealkylation sites (N-methyl/N-ethyl adjacent to an activating group) is 3. The van der Waals surface area contributed by atoms with Crippen molar-refractivity contribution < 1.29 is 0 Å². The largest absolute Gasteiger partial charge is 0.315 e. The second kappa shape index (κ2) is 8.35. The fraction of sp³-hybridized carbons (Fsp3) is 1.00. The van der Waals surface area contributed by atoms with Crippen LogP contribution in [-0.4, -0.2) is 61.7 Å². The van der Waals surface area contributed by atoms with Gasteiger partial charge in [-0.15, -0.1) is 0 Å². The summed E-state index contributed by atoms with van der Waals surface area (Å²) >= 11 is 0. The van der Waals surface area contributed by atoms with Crippen molar-refractivity contribution >= 4 is 0 Å². The Balaban J connectivity index is 1.91. The highest BCUT2D eigenvalue weighted by Crippen LogP contribution is 2.24.